The number of amides is 1. The summed E-state index contributed by atoms with van der Waals surface area (Å²) in [5.41, 5.74) is 6.32. The van der Waals surface area contributed by atoms with Gasteiger partial charge in [-0.1, -0.05) is 0 Å². The number of hydrogen-bond donors (Lipinski definition) is 2. The third-order valence-electron chi connectivity index (χ3n) is 3.36. The smallest absolute Gasteiger partial charge is 0.326 e. The van der Waals surface area contributed by atoms with Crippen LogP contribution in [0.3, 0.4) is 0 Å². The molecule has 1 saturated heterocycles. The van der Waals surface area contributed by atoms with Gasteiger partial charge >= 0.3 is 5.97 Å². The fourth-order valence-corrected chi connectivity index (χ4v) is 2.30. The predicted octanol–water partition coefficient (Wildman–Crippen LogP) is 0.464. The summed E-state index contributed by atoms with van der Waals surface area (Å²) in [6.45, 7) is 0.517. The summed E-state index contributed by atoms with van der Waals surface area (Å²) in [6.07, 6.45) is 0.348. The average Bonchev–Trinajstić information content (AvgIpc) is 2.83. The normalized spacial score (nSPS) is 22.5. The molecule has 1 heterocycles. The molecule has 6 nitrogen and oxygen atoms in total. The summed E-state index contributed by atoms with van der Waals surface area (Å²) >= 11 is 0. The molecule has 6 heteroatoms. The first-order valence-corrected chi connectivity index (χ1v) is 5.95. The maximum atomic E-state index is 11.3. The topological polar surface area (TPSA) is 92.9 Å². The Bertz CT molecular complexity index is 486. The Hall–Kier alpha value is -2.08. The minimum atomic E-state index is -0.876. The molecular weight excluding hydrogens is 248 g/mol. The van der Waals surface area contributed by atoms with Crippen LogP contribution in [0.25, 0.3) is 0 Å². The molecule has 1 aromatic rings. The molecule has 0 spiro atoms. The summed E-state index contributed by atoms with van der Waals surface area (Å²) in [4.78, 5) is 24.0. The molecule has 3 N–H and O–H groups in total. The van der Waals surface area contributed by atoms with Gasteiger partial charge in [-0.25, -0.2) is 4.79 Å². The summed E-state index contributed by atoms with van der Waals surface area (Å²) in [5, 5.41) is 9.23. The monoisotopic (exact) mass is 264 g/mol. The Morgan fingerprint density at radius 2 is 2.00 bits per heavy atom. The van der Waals surface area contributed by atoms with Gasteiger partial charge in [0, 0.05) is 31.3 Å². The highest BCUT2D eigenvalue weighted by Crippen LogP contribution is 2.27. The first-order valence-electron chi connectivity index (χ1n) is 5.95. The van der Waals surface area contributed by atoms with Crippen LogP contribution in [0.15, 0.2) is 24.3 Å². The molecule has 2 rings (SSSR count). The van der Waals surface area contributed by atoms with Gasteiger partial charge < -0.3 is 20.5 Å². The molecule has 1 aliphatic rings. The number of hydrogen-bond acceptors (Lipinski definition) is 4. The fourth-order valence-electron chi connectivity index (χ4n) is 2.30. The van der Waals surface area contributed by atoms with E-state index in [4.69, 9.17) is 10.5 Å². The van der Waals surface area contributed by atoms with Crippen molar-refractivity contribution in [2.45, 2.75) is 18.6 Å². The lowest BCUT2D eigenvalue weighted by Crippen LogP contribution is -2.36. The maximum absolute atomic E-state index is 11.3. The van der Waals surface area contributed by atoms with E-state index in [2.05, 4.69) is 0 Å². The molecule has 102 valence electrons. The fraction of sp³-hybridized carbons (Fsp3) is 0.385. The van der Waals surface area contributed by atoms with Crippen LogP contribution in [0.2, 0.25) is 0 Å². The van der Waals surface area contributed by atoms with E-state index in [1.807, 2.05) is 0 Å². The van der Waals surface area contributed by atoms with E-state index in [-0.39, 0.29) is 6.10 Å². The Labute approximate surface area is 110 Å². The second-order valence-corrected chi connectivity index (χ2v) is 4.51. The van der Waals surface area contributed by atoms with Crippen LogP contribution in [0.5, 0.6) is 0 Å². The Morgan fingerprint density at radius 3 is 2.47 bits per heavy atom. The van der Waals surface area contributed by atoms with E-state index in [1.54, 1.807) is 36.3 Å². The van der Waals surface area contributed by atoms with Gasteiger partial charge in [0.25, 0.3) is 0 Å². The number of methoxy groups -OCH3 is 1. The van der Waals surface area contributed by atoms with Gasteiger partial charge in [0.1, 0.15) is 6.04 Å². The van der Waals surface area contributed by atoms with E-state index in [1.165, 1.54) is 0 Å². The van der Waals surface area contributed by atoms with Crippen molar-refractivity contribution in [2.24, 2.45) is 5.73 Å². The SMILES string of the molecule is COC1CC(C(=O)O)N(c2ccc(C(N)=O)cc2)C1. The van der Waals surface area contributed by atoms with Crippen LogP contribution in [0, 0.1) is 0 Å². The summed E-state index contributed by atoms with van der Waals surface area (Å²) in [7, 11) is 1.57. The number of anilines is 1. The largest absolute Gasteiger partial charge is 0.480 e. The van der Waals surface area contributed by atoms with Crippen molar-refractivity contribution in [1.82, 2.24) is 0 Å². The molecule has 19 heavy (non-hydrogen) atoms. The van der Waals surface area contributed by atoms with E-state index in [0.29, 0.717) is 18.5 Å². The van der Waals surface area contributed by atoms with E-state index in [9.17, 15) is 14.7 Å². The highest BCUT2D eigenvalue weighted by molar-refractivity contribution is 5.93. The van der Waals surface area contributed by atoms with Crippen LogP contribution >= 0.6 is 0 Å². The van der Waals surface area contributed by atoms with Gasteiger partial charge in [0.15, 0.2) is 0 Å². The number of rotatable bonds is 4. The summed E-state index contributed by atoms with van der Waals surface area (Å²) in [6, 6.07) is 5.99. The van der Waals surface area contributed by atoms with Crippen molar-refractivity contribution >= 4 is 17.6 Å². The summed E-state index contributed by atoms with van der Waals surface area (Å²) in [5.74, 6) is -1.38. The lowest BCUT2D eigenvalue weighted by atomic mass is 10.1. The number of benzene rings is 1. The molecule has 1 aliphatic heterocycles. The van der Waals surface area contributed by atoms with Crippen molar-refractivity contribution in [3.05, 3.63) is 29.8 Å². The van der Waals surface area contributed by atoms with Gasteiger partial charge in [0.05, 0.1) is 6.10 Å². The zero-order chi connectivity index (χ0) is 14.0. The van der Waals surface area contributed by atoms with Crippen molar-refractivity contribution < 1.29 is 19.4 Å². The molecule has 0 saturated carbocycles. The number of carbonyl (C=O) groups excluding carboxylic acids is 1. The van der Waals surface area contributed by atoms with Crippen LogP contribution in [-0.2, 0) is 9.53 Å². The van der Waals surface area contributed by atoms with Gasteiger partial charge in [0.2, 0.25) is 5.91 Å². The zero-order valence-electron chi connectivity index (χ0n) is 10.6. The first kappa shape index (κ1) is 13.4. The van der Waals surface area contributed by atoms with Crippen molar-refractivity contribution in [3.63, 3.8) is 0 Å². The van der Waals surface area contributed by atoms with Crippen LogP contribution < -0.4 is 10.6 Å². The second-order valence-electron chi connectivity index (χ2n) is 4.51. The van der Waals surface area contributed by atoms with E-state index >= 15 is 0 Å². The molecule has 0 aliphatic carbocycles. The van der Waals surface area contributed by atoms with Crippen LogP contribution in [0.1, 0.15) is 16.8 Å². The molecule has 0 bridgehead atoms. The number of aliphatic carboxylic acids is 1. The molecule has 0 radical (unpaired) electrons. The minimum Gasteiger partial charge on any atom is -0.480 e. The number of carboxylic acids is 1. The molecule has 1 aromatic carbocycles. The minimum absolute atomic E-state index is 0.100. The predicted molar refractivity (Wildman–Crippen MR) is 69.1 cm³/mol. The quantitative estimate of drug-likeness (QED) is 0.824. The lowest BCUT2D eigenvalue weighted by Gasteiger charge is -2.23. The first-order chi connectivity index (χ1) is 9.02. The molecular formula is C13H16N2O4. The molecule has 0 aromatic heterocycles. The lowest BCUT2D eigenvalue weighted by molar-refractivity contribution is -0.138. The Kier molecular flexibility index (Phi) is 3.71. The highest BCUT2D eigenvalue weighted by atomic mass is 16.5. The Morgan fingerprint density at radius 1 is 1.37 bits per heavy atom. The third-order valence-corrected chi connectivity index (χ3v) is 3.36. The molecule has 2 atom stereocenters. The third kappa shape index (κ3) is 2.68. The zero-order valence-corrected chi connectivity index (χ0v) is 10.6. The van der Waals surface area contributed by atoms with Gasteiger partial charge in [-0.15, -0.1) is 0 Å². The standard InChI is InChI=1S/C13H16N2O4/c1-19-10-6-11(13(17)18)15(7-10)9-4-2-8(3-5-9)12(14)16/h2-5,10-11H,6-7H2,1H3,(H2,14,16)(H,17,18). The molecule has 1 fully saturated rings. The summed E-state index contributed by atoms with van der Waals surface area (Å²) < 4.78 is 5.23. The number of ether oxygens (including phenoxy) is 1. The van der Waals surface area contributed by atoms with E-state index < -0.39 is 17.9 Å². The number of carbonyl (C=O) groups is 2. The highest BCUT2D eigenvalue weighted by Gasteiger charge is 2.37. The molecule has 2 unspecified atom stereocenters. The number of primary amides is 1. The number of carboxylic acid groups (broad SMARTS) is 1. The Balaban J connectivity index is 2.23. The maximum Gasteiger partial charge on any atom is 0.326 e. The van der Waals surface area contributed by atoms with Gasteiger partial charge in [-0.2, -0.15) is 0 Å². The average molecular weight is 264 g/mol. The number of nitrogens with two attached hydrogens (primary N) is 1. The number of nitrogens with zero attached hydrogens (tertiary/aromatic N) is 1. The van der Waals surface area contributed by atoms with Gasteiger partial charge in [-0.3, -0.25) is 4.79 Å². The van der Waals surface area contributed by atoms with Crippen LogP contribution in [-0.4, -0.2) is 42.8 Å². The van der Waals surface area contributed by atoms with Crippen molar-refractivity contribution in [1.29, 1.82) is 0 Å². The second kappa shape index (κ2) is 5.27. The van der Waals surface area contributed by atoms with Crippen LogP contribution in [0.4, 0.5) is 5.69 Å². The molecule has 1 amide bonds. The van der Waals surface area contributed by atoms with Gasteiger partial charge in [-0.05, 0) is 24.3 Å². The van der Waals surface area contributed by atoms with E-state index in [0.717, 1.165) is 5.69 Å². The van der Waals surface area contributed by atoms with Crippen molar-refractivity contribution in [3.8, 4) is 0 Å². The van der Waals surface area contributed by atoms with Crippen molar-refractivity contribution in [2.75, 3.05) is 18.6 Å².